The van der Waals surface area contributed by atoms with E-state index in [0.29, 0.717) is 12.0 Å². The van der Waals surface area contributed by atoms with Crippen LogP contribution in [0.5, 0.6) is 0 Å². The topological polar surface area (TPSA) is 85.7 Å². The molecular formula is C20H24N2O5S. The molecule has 150 valence electrons. The van der Waals surface area contributed by atoms with Crippen molar-refractivity contribution in [2.45, 2.75) is 26.3 Å². The maximum Gasteiger partial charge on any atom is 0.338 e. The van der Waals surface area contributed by atoms with Crippen molar-refractivity contribution in [3.8, 4) is 5.69 Å². The van der Waals surface area contributed by atoms with Crippen LogP contribution < -0.4 is 0 Å². The molecule has 0 spiro atoms. The van der Waals surface area contributed by atoms with Crippen LogP contribution in [0.15, 0.2) is 36.4 Å². The maximum absolute atomic E-state index is 12.2. The lowest BCUT2D eigenvalue weighted by molar-refractivity contribution is -0.134. The largest absolute Gasteiger partial charge is 0.452 e. The van der Waals surface area contributed by atoms with E-state index in [4.69, 9.17) is 4.74 Å². The SMILES string of the molecule is Cc1ccc(C)n1-c1ccc(C(=O)OCC(=O)N(C)C2CCS(=O)(=O)C2)cc1. The number of aryl methyl sites for hydroxylation is 2. The number of benzene rings is 1. The van der Waals surface area contributed by atoms with Crippen molar-refractivity contribution < 1.29 is 22.7 Å². The van der Waals surface area contributed by atoms with Crippen molar-refractivity contribution in [3.05, 3.63) is 53.3 Å². The van der Waals surface area contributed by atoms with Crippen LogP contribution in [0.3, 0.4) is 0 Å². The second-order valence-corrected chi connectivity index (χ2v) is 9.36. The van der Waals surface area contributed by atoms with Crippen LogP contribution in [0.25, 0.3) is 5.69 Å². The molecule has 1 aromatic heterocycles. The van der Waals surface area contributed by atoms with Crippen LogP contribution in [-0.2, 0) is 19.4 Å². The third kappa shape index (κ3) is 4.27. The minimum absolute atomic E-state index is 0.0388. The van der Waals surface area contributed by atoms with Gasteiger partial charge in [-0.15, -0.1) is 0 Å². The number of aromatic nitrogens is 1. The standard InChI is InChI=1S/C20H24N2O5S/c1-14-4-5-15(2)22(14)17-8-6-16(7-9-17)20(24)27-12-19(23)21(3)18-10-11-28(25,26)13-18/h4-9,18H,10-13H2,1-3H3. The summed E-state index contributed by atoms with van der Waals surface area (Å²) in [7, 11) is -1.54. The fourth-order valence-electron chi connectivity index (χ4n) is 3.42. The van der Waals surface area contributed by atoms with Gasteiger partial charge in [0.25, 0.3) is 5.91 Å². The molecule has 7 nitrogen and oxygen atoms in total. The summed E-state index contributed by atoms with van der Waals surface area (Å²) in [4.78, 5) is 25.8. The fourth-order valence-corrected chi connectivity index (χ4v) is 5.19. The molecule has 2 heterocycles. The third-order valence-electron chi connectivity index (χ3n) is 5.11. The summed E-state index contributed by atoms with van der Waals surface area (Å²) in [5.74, 6) is -0.955. The van der Waals surface area contributed by atoms with E-state index in [1.165, 1.54) is 11.9 Å². The molecular weight excluding hydrogens is 380 g/mol. The number of hydrogen-bond acceptors (Lipinski definition) is 5. The Morgan fingerprint density at radius 2 is 1.71 bits per heavy atom. The highest BCUT2D eigenvalue weighted by Crippen LogP contribution is 2.18. The van der Waals surface area contributed by atoms with E-state index in [1.807, 2.05) is 38.1 Å². The average Bonchev–Trinajstić information content (AvgIpc) is 3.20. The molecule has 1 aliphatic rings. The third-order valence-corrected chi connectivity index (χ3v) is 6.86. The minimum Gasteiger partial charge on any atom is -0.452 e. The van der Waals surface area contributed by atoms with Crippen LogP contribution >= 0.6 is 0 Å². The van der Waals surface area contributed by atoms with Gasteiger partial charge in [-0.25, -0.2) is 13.2 Å². The lowest BCUT2D eigenvalue weighted by atomic mass is 10.2. The molecule has 28 heavy (non-hydrogen) atoms. The van der Waals surface area contributed by atoms with Crippen molar-refractivity contribution >= 4 is 21.7 Å². The Morgan fingerprint density at radius 3 is 2.25 bits per heavy atom. The Morgan fingerprint density at radius 1 is 1.11 bits per heavy atom. The lowest BCUT2D eigenvalue weighted by Crippen LogP contribution is -2.40. The highest BCUT2D eigenvalue weighted by atomic mass is 32.2. The molecule has 0 aliphatic carbocycles. The molecule has 1 unspecified atom stereocenters. The Labute approximate surface area is 164 Å². The Bertz CT molecular complexity index is 973. The van der Waals surface area contributed by atoms with E-state index in [0.717, 1.165) is 17.1 Å². The Kier molecular flexibility index (Phi) is 5.60. The number of ether oxygens (including phenoxy) is 1. The van der Waals surface area contributed by atoms with E-state index < -0.39 is 28.3 Å². The van der Waals surface area contributed by atoms with Crippen molar-refractivity contribution in [2.24, 2.45) is 0 Å². The van der Waals surface area contributed by atoms with E-state index >= 15 is 0 Å². The molecule has 2 aromatic rings. The molecule has 0 bridgehead atoms. The highest BCUT2D eigenvalue weighted by Gasteiger charge is 2.32. The smallest absolute Gasteiger partial charge is 0.338 e. The molecule has 1 aliphatic heterocycles. The van der Waals surface area contributed by atoms with Crippen LogP contribution in [0.4, 0.5) is 0 Å². The second-order valence-electron chi connectivity index (χ2n) is 7.14. The van der Waals surface area contributed by atoms with Gasteiger partial charge in [-0.1, -0.05) is 0 Å². The number of carbonyl (C=O) groups is 2. The monoisotopic (exact) mass is 404 g/mol. The first-order valence-corrected chi connectivity index (χ1v) is 10.9. The summed E-state index contributed by atoms with van der Waals surface area (Å²) in [5, 5.41) is 0. The van der Waals surface area contributed by atoms with Crippen molar-refractivity contribution in [1.29, 1.82) is 0 Å². The molecule has 0 radical (unpaired) electrons. The van der Waals surface area contributed by atoms with Crippen molar-refractivity contribution in [1.82, 2.24) is 9.47 Å². The quantitative estimate of drug-likeness (QED) is 0.711. The van der Waals surface area contributed by atoms with E-state index in [-0.39, 0.29) is 17.5 Å². The zero-order valence-corrected chi connectivity index (χ0v) is 17.0. The summed E-state index contributed by atoms with van der Waals surface area (Å²) >= 11 is 0. The first-order valence-electron chi connectivity index (χ1n) is 9.06. The molecule has 1 fully saturated rings. The van der Waals surface area contributed by atoms with Gasteiger partial charge in [0, 0.05) is 30.2 Å². The van der Waals surface area contributed by atoms with Crippen molar-refractivity contribution in [2.75, 3.05) is 25.2 Å². The van der Waals surface area contributed by atoms with E-state index in [1.54, 1.807) is 12.1 Å². The first kappa shape index (κ1) is 20.1. The molecule has 3 rings (SSSR count). The molecule has 0 saturated carbocycles. The van der Waals surface area contributed by atoms with Gasteiger partial charge in [0.1, 0.15) is 0 Å². The second kappa shape index (κ2) is 7.79. The summed E-state index contributed by atoms with van der Waals surface area (Å²) in [6.45, 7) is 3.60. The highest BCUT2D eigenvalue weighted by molar-refractivity contribution is 7.91. The average molecular weight is 404 g/mol. The van der Waals surface area contributed by atoms with Gasteiger partial charge in [0.2, 0.25) is 0 Å². The van der Waals surface area contributed by atoms with Gasteiger partial charge in [0.05, 0.1) is 17.1 Å². The van der Waals surface area contributed by atoms with Gasteiger partial charge in [0.15, 0.2) is 16.4 Å². The summed E-state index contributed by atoms with van der Waals surface area (Å²) in [6.07, 6.45) is 0.415. The number of nitrogens with zero attached hydrogens (tertiary/aromatic N) is 2. The Hall–Kier alpha value is -2.61. The van der Waals surface area contributed by atoms with Gasteiger partial charge >= 0.3 is 5.97 Å². The molecule has 1 atom stereocenters. The normalized spacial score (nSPS) is 18.0. The van der Waals surface area contributed by atoms with Gasteiger partial charge < -0.3 is 14.2 Å². The summed E-state index contributed by atoms with van der Waals surface area (Å²) < 4.78 is 30.3. The Balaban J connectivity index is 1.58. The maximum atomic E-state index is 12.2. The van der Waals surface area contributed by atoms with Crippen molar-refractivity contribution in [3.63, 3.8) is 0 Å². The van der Waals surface area contributed by atoms with Crippen LogP contribution in [0, 0.1) is 13.8 Å². The molecule has 1 aromatic carbocycles. The molecule has 8 heteroatoms. The number of esters is 1. The molecule has 1 saturated heterocycles. The predicted molar refractivity (Wildman–Crippen MR) is 105 cm³/mol. The molecule has 1 amide bonds. The van der Waals surface area contributed by atoms with E-state index in [9.17, 15) is 18.0 Å². The van der Waals surface area contributed by atoms with Gasteiger partial charge in [-0.2, -0.15) is 0 Å². The minimum atomic E-state index is -3.08. The van der Waals surface area contributed by atoms with Gasteiger partial charge in [-0.3, -0.25) is 4.79 Å². The van der Waals surface area contributed by atoms with Crippen LogP contribution in [0.2, 0.25) is 0 Å². The number of carbonyl (C=O) groups excluding carboxylic acids is 2. The number of likely N-dealkylation sites (N-methyl/N-ethyl adjacent to an activating group) is 1. The fraction of sp³-hybridized carbons (Fsp3) is 0.400. The lowest BCUT2D eigenvalue weighted by Gasteiger charge is -2.23. The summed E-state index contributed by atoms with van der Waals surface area (Å²) in [6, 6.07) is 10.7. The van der Waals surface area contributed by atoms with E-state index in [2.05, 4.69) is 4.57 Å². The van der Waals surface area contributed by atoms with Crippen LogP contribution in [0.1, 0.15) is 28.2 Å². The zero-order valence-electron chi connectivity index (χ0n) is 16.2. The first-order chi connectivity index (χ1) is 13.2. The number of hydrogen-bond donors (Lipinski definition) is 0. The zero-order chi connectivity index (χ0) is 20.5. The summed E-state index contributed by atoms with van der Waals surface area (Å²) in [5.41, 5.74) is 3.48. The predicted octanol–water partition coefficient (Wildman–Crippen LogP) is 1.90. The number of sulfone groups is 1. The molecule has 0 N–H and O–H groups in total. The van der Waals surface area contributed by atoms with Crippen LogP contribution in [-0.4, -0.2) is 61.0 Å². The number of rotatable bonds is 5. The van der Waals surface area contributed by atoms with Gasteiger partial charge in [-0.05, 0) is 56.7 Å². The number of amides is 1.